The quantitative estimate of drug-likeness (QED) is 0.337. The normalized spacial score (nSPS) is 11.3. The molecule has 0 atom stereocenters. The van der Waals surface area contributed by atoms with Crippen molar-refractivity contribution in [3.05, 3.63) is 90.5 Å². The molecule has 0 aliphatic rings. The van der Waals surface area contributed by atoms with Crippen molar-refractivity contribution in [1.82, 2.24) is 19.6 Å². The molecule has 0 unspecified atom stereocenters. The van der Waals surface area contributed by atoms with Crippen LogP contribution >= 0.6 is 34.8 Å². The van der Waals surface area contributed by atoms with Gasteiger partial charge in [-0.15, -0.1) is 5.10 Å². The zero-order valence-electron chi connectivity index (χ0n) is 20.8. The molecule has 0 amide bonds. The first-order valence-electron chi connectivity index (χ1n) is 11.1. The molecule has 0 bridgehead atoms. The fourth-order valence-electron chi connectivity index (χ4n) is 2.96. The average molecular weight is 567 g/mol. The number of rotatable bonds is 4. The standard InChI is InChI=1S/C15H18Cl2N2O3.C10H8ClN3O/c1-8(2)21-12-7-11(9(16)6-10(12)17)19-14(20)22-13(18-19)15(3,4)5;11-9-8(12)6-13-14(10(9)15)7-4-2-1-3-5-7/h6-8H,1-5H3;1-6H,12H2. The predicted molar refractivity (Wildman–Crippen MR) is 146 cm³/mol. The topological polar surface area (TPSA) is 118 Å². The summed E-state index contributed by atoms with van der Waals surface area (Å²) in [5.41, 5.74) is 5.87. The van der Waals surface area contributed by atoms with Crippen molar-refractivity contribution in [3.63, 3.8) is 0 Å². The van der Waals surface area contributed by atoms with Crippen LogP contribution in [0.4, 0.5) is 5.69 Å². The third-order valence-corrected chi connectivity index (χ3v) is 5.71. The van der Waals surface area contributed by atoms with Crippen LogP contribution in [-0.2, 0) is 5.41 Å². The Balaban J connectivity index is 0.000000220. The lowest BCUT2D eigenvalue weighted by atomic mass is 9.97. The molecule has 2 aromatic heterocycles. The van der Waals surface area contributed by atoms with Gasteiger partial charge in [-0.2, -0.15) is 14.5 Å². The molecule has 0 aliphatic carbocycles. The molecule has 0 spiro atoms. The first-order chi connectivity index (χ1) is 17.3. The van der Waals surface area contributed by atoms with Gasteiger partial charge in [0.25, 0.3) is 5.56 Å². The highest BCUT2D eigenvalue weighted by Crippen LogP contribution is 2.33. The highest BCUT2D eigenvalue weighted by molar-refractivity contribution is 6.36. The minimum atomic E-state index is -0.607. The van der Waals surface area contributed by atoms with Gasteiger partial charge in [-0.3, -0.25) is 4.79 Å². The Morgan fingerprint density at radius 1 is 1.00 bits per heavy atom. The minimum Gasteiger partial charge on any atom is -0.489 e. The van der Waals surface area contributed by atoms with E-state index in [-0.39, 0.29) is 27.3 Å². The van der Waals surface area contributed by atoms with E-state index in [9.17, 15) is 9.59 Å². The van der Waals surface area contributed by atoms with Crippen molar-refractivity contribution in [3.8, 4) is 17.1 Å². The SMILES string of the molecule is CC(C)Oc1cc(-n2nc(C(C)(C)C)oc2=O)c(Cl)cc1Cl.Nc1cnn(-c2ccccc2)c(=O)c1Cl. The predicted octanol–water partition coefficient (Wildman–Crippen LogP) is 5.69. The number of aromatic nitrogens is 4. The van der Waals surface area contributed by atoms with E-state index in [4.69, 9.17) is 49.7 Å². The highest BCUT2D eigenvalue weighted by Gasteiger charge is 2.24. The summed E-state index contributed by atoms with van der Waals surface area (Å²) < 4.78 is 13.1. The first kappa shape index (κ1) is 28.3. The summed E-state index contributed by atoms with van der Waals surface area (Å²) in [6.45, 7) is 9.47. The smallest absolute Gasteiger partial charge is 0.442 e. The number of hydrogen-bond acceptors (Lipinski definition) is 7. The Morgan fingerprint density at radius 2 is 1.65 bits per heavy atom. The van der Waals surface area contributed by atoms with E-state index in [1.165, 1.54) is 16.9 Å². The van der Waals surface area contributed by atoms with Crippen LogP contribution in [0.5, 0.6) is 5.75 Å². The molecular formula is C25H26Cl3N5O4. The van der Waals surface area contributed by atoms with E-state index in [0.717, 1.165) is 4.68 Å². The second-order valence-corrected chi connectivity index (χ2v) is 10.4. The van der Waals surface area contributed by atoms with Crippen molar-refractivity contribution in [1.29, 1.82) is 0 Å². The van der Waals surface area contributed by atoms with Gasteiger partial charge in [0.15, 0.2) is 0 Å². The number of nitrogens with zero attached hydrogens (tertiary/aromatic N) is 4. The number of halogens is 3. The molecule has 2 aromatic carbocycles. The Morgan fingerprint density at radius 3 is 2.22 bits per heavy atom. The van der Waals surface area contributed by atoms with E-state index < -0.39 is 11.3 Å². The van der Waals surface area contributed by atoms with Gasteiger partial charge in [0, 0.05) is 11.5 Å². The van der Waals surface area contributed by atoms with Crippen LogP contribution in [0.1, 0.15) is 40.5 Å². The lowest BCUT2D eigenvalue weighted by molar-refractivity contribution is 0.242. The first-order valence-corrected chi connectivity index (χ1v) is 12.3. The summed E-state index contributed by atoms with van der Waals surface area (Å²) in [6.07, 6.45) is 1.29. The van der Waals surface area contributed by atoms with Crippen LogP contribution in [0.25, 0.3) is 11.4 Å². The summed E-state index contributed by atoms with van der Waals surface area (Å²) in [7, 11) is 0. The van der Waals surface area contributed by atoms with E-state index in [1.807, 2.05) is 52.8 Å². The lowest BCUT2D eigenvalue weighted by Gasteiger charge is -2.13. The molecule has 2 heterocycles. The summed E-state index contributed by atoms with van der Waals surface area (Å²) in [6, 6.07) is 12.1. The van der Waals surface area contributed by atoms with Gasteiger partial charge in [0.2, 0.25) is 5.89 Å². The minimum absolute atomic E-state index is 0.00569. The van der Waals surface area contributed by atoms with Crippen molar-refractivity contribution >= 4 is 40.5 Å². The fraction of sp³-hybridized carbons (Fsp3) is 0.280. The number of benzene rings is 2. The van der Waals surface area contributed by atoms with E-state index in [0.29, 0.717) is 28.0 Å². The summed E-state index contributed by atoms with van der Waals surface area (Å²) in [4.78, 5) is 23.7. The lowest BCUT2D eigenvalue weighted by Crippen LogP contribution is -2.22. The van der Waals surface area contributed by atoms with Gasteiger partial charge in [0.1, 0.15) is 10.8 Å². The van der Waals surface area contributed by atoms with E-state index >= 15 is 0 Å². The number of para-hydroxylation sites is 1. The van der Waals surface area contributed by atoms with E-state index in [2.05, 4.69) is 10.2 Å². The third-order valence-electron chi connectivity index (χ3n) is 4.73. The molecule has 37 heavy (non-hydrogen) atoms. The molecule has 4 rings (SSSR count). The Labute approximate surface area is 228 Å². The Bertz CT molecular complexity index is 1510. The summed E-state index contributed by atoms with van der Waals surface area (Å²) in [5, 5.41) is 8.77. The second-order valence-electron chi connectivity index (χ2n) is 9.20. The van der Waals surface area contributed by atoms with Crippen molar-refractivity contribution < 1.29 is 9.15 Å². The van der Waals surface area contributed by atoms with Crippen LogP contribution in [0, 0.1) is 0 Å². The van der Waals surface area contributed by atoms with E-state index in [1.54, 1.807) is 18.2 Å². The average Bonchev–Trinajstić information content (AvgIpc) is 3.22. The molecule has 0 saturated heterocycles. The largest absolute Gasteiger partial charge is 0.489 e. The van der Waals surface area contributed by atoms with Crippen LogP contribution in [0.3, 0.4) is 0 Å². The third kappa shape index (κ3) is 6.74. The van der Waals surface area contributed by atoms with Crippen LogP contribution in [-0.4, -0.2) is 25.7 Å². The maximum Gasteiger partial charge on any atom is 0.442 e. The second kappa shape index (κ2) is 11.4. The number of nitrogen functional groups attached to an aromatic ring is 1. The fourth-order valence-corrected chi connectivity index (χ4v) is 3.59. The van der Waals surface area contributed by atoms with Crippen molar-refractivity contribution in [2.75, 3.05) is 5.73 Å². The maximum atomic E-state index is 12.1. The van der Waals surface area contributed by atoms with Gasteiger partial charge in [-0.25, -0.2) is 4.79 Å². The van der Waals surface area contributed by atoms with Crippen molar-refractivity contribution in [2.45, 2.75) is 46.1 Å². The van der Waals surface area contributed by atoms with Crippen LogP contribution in [0.2, 0.25) is 15.1 Å². The van der Waals surface area contributed by atoms with Gasteiger partial charge in [-0.1, -0.05) is 73.8 Å². The molecule has 2 N–H and O–H groups in total. The highest BCUT2D eigenvalue weighted by atomic mass is 35.5. The number of hydrogen-bond donors (Lipinski definition) is 1. The molecule has 0 aliphatic heterocycles. The van der Waals surface area contributed by atoms with Gasteiger partial charge in [0.05, 0.1) is 39.4 Å². The van der Waals surface area contributed by atoms with Gasteiger partial charge in [-0.05, 0) is 32.0 Å². The van der Waals surface area contributed by atoms with Crippen molar-refractivity contribution in [2.24, 2.45) is 0 Å². The number of nitrogens with two attached hydrogens (primary N) is 1. The van der Waals surface area contributed by atoms with Crippen LogP contribution in [0.15, 0.2) is 62.7 Å². The molecule has 0 radical (unpaired) electrons. The summed E-state index contributed by atoms with van der Waals surface area (Å²) in [5.74, 6) is 0.155. The molecule has 0 saturated carbocycles. The van der Waals surface area contributed by atoms with Gasteiger partial charge < -0.3 is 14.9 Å². The molecular weight excluding hydrogens is 541 g/mol. The van der Waals surface area contributed by atoms with Crippen LogP contribution < -0.4 is 21.8 Å². The molecule has 196 valence electrons. The molecule has 0 fully saturated rings. The Kier molecular flexibility index (Phi) is 8.73. The Hall–Kier alpha value is -3.27. The summed E-state index contributed by atoms with van der Waals surface area (Å²) >= 11 is 18.0. The molecule has 4 aromatic rings. The monoisotopic (exact) mass is 565 g/mol. The zero-order chi connectivity index (χ0) is 27.5. The maximum absolute atomic E-state index is 12.1. The number of ether oxygens (including phenoxy) is 1. The van der Waals surface area contributed by atoms with Gasteiger partial charge >= 0.3 is 5.76 Å². The number of anilines is 1. The zero-order valence-corrected chi connectivity index (χ0v) is 23.1. The molecule has 9 nitrogen and oxygen atoms in total. The molecule has 12 heteroatoms.